The van der Waals surface area contributed by atoms with Crippen LogP contribution in [-0.4, -0.2) is 25.1 Å². The zero-order chi connectivity index (χ0) is 19.1. The van der Waals surface area contributed by atoms with Crippen LogP contribution in [0, 0.1) is 10.1 Å². The van der Waals surface area contributed by atoms with Crippen molar-refractivity contribution in [1.29, 1.82) is 0 Å². The van der Waals surface area contributed by atoms with Gasteiger partial charge in [-0.2, -0.15) is 0 Å². The monoisotopic (exact) mass is 356 g/mol. The molecule has 7 heteroatoms. The van der Waals surface area contributed by atoms with Crippen LogP contribution in [0.15, 0.2) is 42.5 Å². The van der Waals surface area contributed by atoms with Gasteiger partial charge in [-0.25, -0.2) is 0 Å². The molecule has 7 nitrogen and oxygen atoms in total. The van der Waals surface area contributed by atoms with Gasteiger partial charge in [-0.15, -0.1) is 0 Å². The Morgan fingerprint density at radius 3 is 2.58 bits per heavy atom. The first-order valence-corrected chi connectivity index (χ1v) is 7.97. The van der Waals surface area contributed by atoms with Gasteiger partial charge in [0, 0.05) is 35.0 Å². The van der Waals surface area contributed by atoms with Crippen LogP contribution < -0.4 is 14.8 Å². The summed E-state index contributed by atoms with van der Waals surface area (Å²) in [6.07, 6.45) is 3.48. The molecule has 0 bridgehead atoms. The third-order valence-corrected chi connectivity index (χ3v) is 3.79. The molecule has 0 aliphatic rings. The molecule has 26 heavy (non-hydrogen) atoms. The second-order valence-electron chi connectivity index (χ2n) is 5.38. The molecule has 2 aromatic carbocycles. The lowest BCUT2D eigenvalue weighted by molar-refractivity contribution is -0.385. The average Bonchev–Trinajstić information content (AvgIpc) is 2.66. The van der Waals surface area contributed by atoms with Crippen LogP contribution in [0.1, 0.15) is 18.1 Å². The van der Waals surface area contributed by atoms with Crippen LogP contribution >= 0.6 is 0 Å². The number of nitrogens with one attached hydrogen (secondary N) is 1. The zero-order valence-electron chi connectivity index (χ0n) is 14.8. The number of carbonyl (C=O) groups excluding carboxylic acids is 1. The van der Waals surface area contributed by atoms with E-state index in [0.29, 0.717) is 34.7 Å². The van der Waals surface area contributed by atoms with Gasteiger partial charge in [-0.1, -0.05) is 13.0 Å². The standard InChI is InChI=1S/C19H20N2O5/c1-4-13-5-8-15(11-17(13)21(23)24)20-19(22)10-7-14-6-9-16(25-2)12-18(14)26-3/h5-12H,4H2,1-3H3,(H,20,22)/b10-7+. The highest BCUT2D eigenvalue weighted by molar-refractivity contribution is 6.02. The molecule has 0 atom stereocenters. The molecule has 0 saturated carbocycles. The minimum atomic E-state index is -0.452. The van der Waals surface area contributed by atoms with E-state index in [1.54, 1.807) is 43.5 Å². The van der Waals surface area contributed by atoms with Crippen molar-refractivity contribution in [2.45, 2.75) is 13.3 Å². The van der Waals surface area contributed by atoms with Crippen molar-refractivity contribution in [3.8, 4) is 11.5 Å². The van der Waals surface area contributed by atoms with Gasteiger partial charge in [0.05, 0.1) is 19.1 Å². The van der Waals surface area contributed by atoms with Gasteiger partial charge >= 0.3 is 0 Å². The number of ether oxygens (including phenoxy) is 2. The van der Waals surface area contributed by atoms with Crippen LogP contribution in [0.5, 0.6) is 11.5 Å². The van der Waals surface area contributed by atoms with E-state index in [1.807, 2.05) is 6.92 Å². The maximum atomic E-state index is 12.1. The second-order valence-corrected chi connectivity index (χ2v) is 5.38. The van der Waals surface area contributed by atoms with E-state index in [1.165, 1.54) is 19.3 Å². The molecule has 0 fully saturated rings. The molecule has 2 aromatic rings. The van der Waals surface area contributed by atoms with E-state index in [9.17, 15) is 14.9 Å². The van der Waals surface area contributed by atoms with Crippen molar-refractivity contribution >= 4 is 23.4 Å². The molecule has 136 valence electrons. The Morgan fingerprint density at radius 2 is 1.96 bits per heavy atom. The number of anilines is 1. The molecular weight excluding hydrogens is 336 g/mol. The van der Waals surface area contributed by atoms with Gasteiger partial charge in [0.25, 0.3) is 5.69 Å². The fraction of sp³-hybridized carbons (Fsp3) is 0.211. The fourth-order valence-corrected chi connectivity index (χ4v) is 2.42. The predicted octanol–water partition coefficient (Wildman–Crippen LogP) is 3.83. The van der Waals surface area contributed by atoms with Crippen molar-refractivity contribution in [2.24, 2.45) is 0 Å². The average molecular weight is 356 g/mol. The van der Waals surface area contributed by atoms with Crippen molar-refractivity contribution in [1.82, 2.24) is 0 Å². The lowest BCUT2D eigenvalue weighted by Gasteiger charge is -2.07. The number of benzene rings is 2. The summed E-state index contributed by atoms with van der Waals surface area (Å²) in [6.45, 7) is 1.84. The van der Waals surface area contributed by atoms with Gasteiger partial charge in [0.2, 0.25) is 5.91 Å². The van der Waals surface area contributed by atoms with Crippen LogP contribution in [0.25, 0.3) is 6.08 Å². The number of nitro groups is 1. The Bertz CT molecular complexity index is 846. The molecule has 0 spiro atoms. The minimum Gasteiger partial charge on any atom is -0.497 e. The molecule has 0 radical (unpaired) electrons. The van der Waals surface area contributed by atoms with Gasteiger partial charge in [0.1, 0.15) is 11.5 Å². The summed E-state index contributed by atoms with van der Waals surface area (Å²) in [4.78, 5) is 22.8. The number of amides is 1. The first-order chi connectivity index (χ1) is 12.5. The molecule has 2 rings (SSSR count). The maximum Gasteiger partial charge on any atom is 0.274 e. The number of carbonyl (C=O) groups is 1. The zero-order valence-corrected chi connectivity index (χ0v) is 14.8. The molecule has 0 unspecified atom stereocenters. The first kappa shape index (κ1) is 19.0. The van der Waals surface area contributed by atoms with Crippen molar-refractivity contribution < 1.29 is 19.2 Å². The molecule has 0 aliphatic heterocycles. The summed E-state index contributed by atoms with van der Waals surface area (Å²) in [5.41, 5.74) is 1.68. The SMILES string of the molecule is CCc1ccc(NC(=O)/C=C/c2ccc(OC)cc2OC)cc1[N+](=O)[O-]. The van der Waals surface area contributed by atoms with E-state index in [2.05, 4.69) is 5.32 Å². The number of nitrogens with zero attached hydrogens (tertiary/aromatic N) is 1. The molecule has 1 amide bonds. The van der Waals surface area contributed by atoms with Crippen LogP contribution in [-0.2, 0) is 11.2 Å². The quantitative estimate of drug-likeness (QED) is 0.462. The Kier molecular flexibility index (Phi) is 6.32. The number of aryl methyl sites for hydroxylation is 1. The highest BCUT2D eigenvalue weighted by atomic mass is 16.6. The van der Waals surface area contributed by atoms with Gasteiger partial charge in [-0.05, 0) is 30.7 Å². The van der Waals surface area contributed by atoms with Crippen molar-refractivity contribution in [3.05, 3.63) is 63.7 Å². The largest absolute Gasteiger partial charge is 0.497 e. The van der Waals surface area contributed by atoms with Crippen molar-refractivity contribution in [2.75, 3.05) is 19.5 Å². The molecular formula is C19H20N2O5. The fourth-order valence-electron chi connectivity index (χ4n) is 2.42. The Hall–Kier alpha value is -3.35. The first-order valence-electron chi connectivity index (χ1n) is 7.97. The van der Waals surface area contributed by atoms with E-state index in [-0.39, 0.29) is 5.69 Å². The topological polar surface area (TPSA) is 90.7 Å². The summed E-state index contributed by atoms with van der Waals surface area (Å²) in [5, 5.41) is 13.7. The van der Waals surface area contributed by atoms with Gasteiger partial charge in [-0.3, -0.25) is 14.9 Å². The summed E-state index contributed by atoms with van der Waals surface area (Å²) in [6, 6.07) is 9.88. The molecule has 1 N–H and O–H groups in total. The smallest absolute Gasteiger partial charge is 0.274 e. The summed E-state index contributed by atoms with van der Waals surface area (Å²) in [5.74, 6) is 0.810. The predicted molar refractivity (Wildman–Crippen MR) is 99.7 cm³/mol. The minimum absolute atomic E-state index is 0.00824. The van der Waals surface area contributed by atoms with Gasteiger partial charge < -0.3 is 14.8 Å². The third kappa shape index (κ3) is 4.60. The lowest BCUT2D eigenvalue weighted by atomic mass is 10.1. The van der Waals surface area contributed by atoms with E-state index in [0.717, 1.165) is 0 Å². The Balaban J connectivity index is 2.15. The number of methoxy groups -OCH3 is 2. The van der Waals surface area contributed by atoms with E-state index < -0.39 is 10.8 Å². The Labute approximate surface area is 151 Å². The van der Waals surface area contributed by atoms with Crippen LogP contribution in [0.4, 0.5) is 11.4 Å². The normalized spacial score (nSPS) is 10.6. The summed E-state index contributed by atoms with van der Waals surface area (Å²) in [7, 11) is 3.08. The lowest BCUT2D eigenvalue weighted by Crippen LogP contribution is -2.08. The number of rotatable bonds is 7. The number of hydrogen-bond donors (Lipinski definition) is 1. The third-order valence-electron chi connectivity index (χ3n) is 3.79. The molecule has 0 saturated heterocycles. The summed E-state index contributed by atoms with van der Waals surface area (Å²) < 4.78 is 10.4. The number of hydrogen-bond acceptors (Lipinski definition) is 5. The van der Waals surface area contributed by atoms with Crippen LogP contribution in [0.3, 0.4) is 0 Å². The molecule has 0 heterocycles. The second kappa shape index (κ2) is 8.66. The van der Waals surface area contributed by atoms with Gasteiger partial charge in [0.15, 0.2) is 0 Å². The van der Waals surface area contributed by atoms with Crippen molar-refractivity contribution in [3.63, 3.8) is 0 Å². The highest BCUT2D eigenvalue weighted by Crippen LogP contribution is 2.26. The van der Waals surface area contributed by atoms with E-state index in [4.69, 9.17) is 9.47 Å². The summed E-state index contributed by atoms with van der Waals surface area (Å²) >= 11 is 0. The van der Waals surface area contributed by atoms with Crippen LogP contribution in [0.2, 0.25) is 0 Å². The van der Waals surface area contributed by atoms with E-state index >= 15 is 0 Å². The molecule has 0 aliphatic carbocycles. The number of nitro benzene ring substituents is 1. The highest BCUT2D eigenvalue weighted by Gasteiger charge is 2.13. The molecule has 0 aromatic heterocycles. The maximum absolute atomic E-state index is 12.1. The Morgan fingerprint density at radius 1 is 1.19 bits per heavy atom.